The van der Waals surface area contributed by atoms with Crippen LogP contribution in [0.1, 0.15) is 61.0 Å². The van der Waals surface area contributed by atoms with Crippen molar-refractivity contribution in [3.63, 3.8) is 0 Å². The van der Waals surface area contributed by atoms with E-state index in [9.17, 15) is 9.59 Å². The van der Waals surface area contributed by atoms with Gasteiger partial charge in [-0.25, -0.2) is 4.79 Å². The van der Waals surface area contributed by atoms with Crippen LogP contribution in [0.15, 0.2) is 29.2 Å². The number of hydrogen-bond acceptors (Lipinski definition) is 3. The molecule has 0 radical (unpaired) electrons. The number of benzene rings is 1. The van der Waals surface area contributed by atoms with Crippen LogP contribution < -0.4 is 5.43 Å². The van der Waals surface area contributed by atoms with E-state index in [1.54, 1.807) is 13.1 Å². The van der Waals surface area contributed by atoms with E-state index in [1.807, 2.05) is 25.1 Å². The van der Waals surface area contributed by atoms with Gasteiger partial charge in [0.2, 0.25) is 5.43 Å². The maximum Gasteiger partial charge on any atom is 0.343 e. The molecule has 1 saturated carbocycles. The number of hydrogen-bond donors (Lipinski definition) is 0. The first kappa shape index (κ1) is 15.8. The topological polar surface area (TPSA) is 48.3 Å². The molecule has 0 bridgehead atoms. The zero-order valence-corrected chi connectivity index (χ0v) is 13.8. The molecular formula is C19H23NO3. The van der Waals surface area contributed by atoms with Crippen molar-refractivity contribution in [3.05, 3.63) is 45.7 Å². The molecular weight excluding hydrogens is 290 g/mol. The van der Waals surface area contributed by atoms with Gasteiger partial charge < -0.3 is 9.30 Å². The normalized spacial score (nSPS) is 15.7. The molecule has 0 amide bonds. The highest BCUT2D eigenvalue weighted by atomic mass is 16.5. The first-order valence-corrected chi connectivity index (χ1v) is 8.44. The fraction of sp³-hybridized carbons (Fsp3) is 0.474. The highest BCUT2D eigenvalue weighted by Crippen LogP contribution is 2.30. The highest BCUT2D eigenvalue weighted by molar-refractivity contribution is 5.94. The fourth-order valence-corrected chi connectivity index (χ4v) is 3.48. The van der Waals surface area contributed by atoms with Crippen molar-refractivity contribution in [1.29, 1.82) is 0 Å². The van der Waals surface area contributed by atoms with Crippen molar-refractivity contribution >= 4 is 16.9 Å². The lowest BCUT2D eigenvalue weighted by molar-refractivity contribution is 0.0524. The number of carbonyl (C=O) groups is 1. The SMILES string of the molecule is CCOC(=O)c1cn(C2CCCCC2)c2ccc(C)cc2c1=O. The molecule has 1 aromatic carbocycles. The predicted octanol–water partition coefficient (Wildman–Crippen LogP) is 3.99. The summed E-state index contributed by atoms with van der Waals surface area (Å²) in [7, 11) is 0. The number of fused-ring (bicyclic) bond motifs is 1. The zero-order valence-electron chi connectivity index (χ0n) is 13.8. The van der Waals surface area contributed by atoms with Gasteiger partial charge in [-0.15, -0.1) is 0 Å². The van der Waals surface area contributed by atoms with Crippen molar-refractivity contribution < 1.29 is 9.53 Å². The molecule has 3 rings (SSSR count). The first-order valence-electron chi connectivity index (χ1n) is 8.44. The monoisotopic (exact) mass is 313 g/mol. The number of ether oxygens (including phenoxy) is 1. The summed E-state index contributed by atoms with van der Waals surface area (Å²) >= 11 is 0. The predicted molar refractivity (Wildman–Crippen MR) is 91.0 cm³/mol. The molecule has 23 heavy (non-hydrogen) atoms. The van der Waals surface area contributed by atoms with Crippen molar-refractivity contribution in [3.8, 4) is 0 Å². The Morgan fingerprint density at radius 3 is 2.70 bits per heavy atom. The lowest BCUT2D eigenvalue weighted by Crippen LogP contribution is -2.23. The highest BCUT2D eigenvalue weighted by Gasteiger charge is 2.21. The van der Waals surface area contributed by atoms with E-state index in [1.165, 1.54) is 19.3 Å². The number of rotatable bonds is 3. The lowest BCUT2D eigenvalue weighted by Gasteiger charge is -2.27. The number of pyridine rings is 1. The molecule has 1 heterocycles. The number of nitrogens with zero attached hydrogens (tertiary/aromatic N) is 1. The second kappa shape index (κ2) is 6.57. The van der Waals surface area contributed by atoms with Crippen LogP contribution in [0.5, 0.6) is 0 Å². The van der Waals surface area contributed by atoms with Gasteiger partial charge in [0, 0.05) is 17.6 Å². The summed E-state index contributed by atoms with van der Waals surface area (Å²) in [6.45, 7) is 3.98. The molecule has 4 nitrogen and oxygen atoms in total. The smallest absolute Gasteiger partial charge is 0.343 e. The van der Waals surface area contributed by atoms with Gasteiger partial charge in [-0.2, -0.15) is 0 Å². The number of carbonyl (C=O) groups excluding carboxylic acids is 1. The van der Waals surface area contributed by atoms with Crippen molar-refractivity contribution in [2.75, 3.05) is 6.61 Å². The Balaban J connectivity index is 2.22. The third-order valence-electron chi connectivity index (χ3n) is 4.65. The zero-order chi connectivity index (χ0) is 16.4. The average molecular weight is 313 g/mol. The third kappa shape index (κ3) is 3.03. The summed E-state index contributed by atoms with van der Waals surface area (Å²) in [5.74, 6) is -0.523. The van der Waals surface area contributed by atoms with Crippen LogP contribution in [0, 0.1) is 6.92 Å². The van der Waals surface area contributed by atoms with Gasteiger partial charge >= 0.3 is 5.97 Å². The van der Waals surface area contributed by atoms with Gasteiger partial charge in [-0.05, 0) is 38.8 Å². The van der Waals surface area contributed by atoms with E-state index in [0.717, 1.165) is 23.9 Å². The third-order valence-corrected chi connectivity index (χ3v) is 4.65. The molecule has 0 unspecified atom stereocenters. The maximum atomic E-state index is 12.7. The van der Waals surface area contributed by atoms with Gasteiger partial charge in [0.25, 0.3) is 0 Å². The van der Waals surface area contributed by atoms with Crippen molar-refractivity contribution in [2.45, 2.75) is 52.0 Å². The van der Waals surface area contributed by atoms with E-state index in [-0.39, 0.29) is 17.6 Å². The van der Waals surface area contributed by atoms with Crippen LogP contribution >= 0.6 is 0 Å². The summed E-state index contributed by atoms with van der Waals surface area (Å²) in [4.78, 5) is 24.9. The standard InChI is InChI=1S/C19H23NO3/c1-3-23-19(22)16-12-20(14-7-5-4-6-8-14)17-10-9-13(2)11-15(17)18(16)21/h9-12,14H,3-8H2,1-2H3. The lowest BCUT2D eigenvalue weighted by atomic mass is 9.94. The van der Waals surface area contributed by atoms with Crippen LogP contribution in [-0.4, -0.2) is 17.1 Å². The second-order valence-corrected chi connectivity index (χ2v) is 6.31. The Hall–Kier alpha value is -2.10. The van der Waals surface area contributed by atoms with Crippen LogP contribution in [0.4, 0.5) is 0 Å². The van der Waals surface area contributed by atoms with E-state index in [2.05, 4.69) is 4.57 Å². The minimum absolute atomic E-state index is 0.149. The Morgan fingerprint density at radius 2 is 2.00 bits per heavy atom. The number of aryl methyl sites for hydroxylation is 1. The largest absolute Gasteiger partial charge is 0.462 e. The van der Waals surface area contributed by atoms with E-state index < -0.39 is 5.97 Å². The van der Waals surface area contributed by atoms with Gasteiger partial charge in [0.15, 0.2) is 0 Å². The van der Waals surface area contributed by atoms with E-state index in [4.69, 9.17) is 4.74 Å². The Bertz CT molecular complexity index is 785. The molecule has 2 aromatic rings. The summed E-state index contributed by atoms with van der Waals surface area (Å²) < 4.78 is 7.20. The van der Waals surface area contributed by atoms with E-state index >= 15 is 0 Å². The molecule has 1 aliphatic carbocycles. The van der Waals surface area contributed by atoms with Gasteiger partial charge in [0.05, 0.1) is 12.1 Å². The maximum absolute atomic E-state index is 12.7. The molecule has 1 aliphatic rings. The quantitative estimate of drug-likeness (QED) is 0.805. The molecule has 4 heteroatoms. The molecule has 0 N–H and O–H groups in total. The number of esters is 1. The molecule has 122 valence electrons. The minimum Gasteiger partial charge on any atom is -0.462 e. The minimum atomic E-state index is -0.523. The van der Waals surface area contributed by atoms with Crippen molar-refractivity contribution in [1.82, 2.24) is 4.57 Å². The van der Waals surface area contributed by atoms with Gasteiger partial charge in [-0.1, -0.05) is 30.9 Å². The van der Waals surface area contributed by atoms with Crippen LogP contribution in [0.2, 0.25) is 0 Å². The molecule has 0 spiro atoms. The molecule has 1 fully saturated rings. The van der Waals surface area contributed by atoms with Crippen molar-refractivity contribution in [2.24, 2.45) is 0 Å². The fourth-order valence-electron chi connectivity index (χ4n) is 3.48. The summed E-state index contributed by atoms with van der Waals surface area (Å²) in [6.07, 6.45) is 7.55. The molecule has 0 atom stereocenters. The molecule has 1 aromatic heterocycles. The van der Waals surface area contributed by atoms with Gasteiger partial charge in [0.1, 0.15) is 5.56 Å². The summed E-state index contributed by atoms with van der Waals surface area (Å²) in [5, 5.41) is 0.612. The summed E-state index contributed by atoms with van der Waals surface area (Å²) in [5.41, 5.74) is 1.86. The van der Waals surface area contributed by atoms with Crippen LogP contribution in [-0.2, 0) is 4.74 Å². The van der Waals surface area contributed by atoms with Crippen LogP contribution in [0.3, 0.4) is 0 Å². The Labute approximate surface area is 136 Å². The molecule has 0 saturated heterocycles. The summed E-state index contributed by atoms with van der Waals surface area (Å²) in [6, 6.07) is 6.24. The Morgan fingerprint density at radius 1 is 1.26 bits per heavy atom. The first-order chi connectivity index (χ1) is 11.1. The molecule has 0 aliphatic heterocycles. The Kier molecular flexibility index (Phi) is 4.51. The van der Waals surface area contributed by atoms with Crippen LogP contribution in [0.25, 0.3) is 10.9 Å². The number of aromatic nitrogens is 1. The van der Waals surface area contributed by atoms with E-state index in [0.29, 0.717) is 11.4 Å². The van der Waals surface area contributed by atoms with Gasteiger partial charge in [-0.3, -0.25) is 4.79 Å². The average Bonchev–Trinajstić information content (AvgIpc) is 2.56. The second-order valence-electron chi connectivity index (χ2n) is 6.31.